The summed E-state index contributed by atoms with van der Waals surface area (Å²) < 4.78 is 3.20. The van der Waals surface area contributed by atoms with Crippen molar-refractivity contribution >= 4 is 18.0 Å². The van der Waals surface area contributed by atoms with Gasteiger partial charge < -0.3 is 10.6 Å². The molecule has 4 nitrogen and oxygen atoms in total. The van der Waals surface area contributed by atoms with Gasteiger partial charge in [0.1, 0.15) is 0 Å². The van der Waals surface area contributed by atoms with E-state index in [4.69, 9.17) is 0 Å². The Hall–Kier alpha value is -1.98. The van der Waals surface area contributed by atoms with Crippen LogP contribution in [0.25, 0.3) is 0 Å². The highest BCUT2D eigenvalue weighted by atomic mass is 32.2. The molecule has 2 rings (SSSR count). The van der Waals surface area contributed by atoms with Crippen molar-refractivity contribution in [2.24, 2.45) is 0 Å². The minimum Gasteiger partial charge on any atom is -0.334 e. The molecule has 21 heavy (non-hydrogen) atoms. The molecular weight excluding hydrogens is 282 g/mol. The van der Waals surface area contributed by atoms with Crippen molar-refractivity contribution < 1.29 is 4.79 Å². The summed E-state index contributed by atoms with van der Waals surface area (Å²) in [6.07, 6.45) is 0. The summed E-state index contributed by atoms with van der Waals surface area (Å²) in [4.78, 5) is 11.6. The highest BCUT2D eigenvalue weighted by Crippen LogP contribution is 2.00. The maximum absolute atomic E-state index is 11.6. The molecule has 0 aliphatic carbocycles. The fourth-order valence-corrected chi connectivity index (χ4v) is 2.30. The Labute approximate surface area is 129 Å². The number of hydrogen-bond donors (Lipinski definition) is 3. The fourth-order valence-electron chi connectivity index (χ4n) is 1.72. The lowest BCUT2D eigenvalue weighted by atomic mass is 10.2. The van der Waals surface area contributed by atoms with E-state index in [0.717, 1.165) is 12.1 Å². The molecule has 0 atom stereocenters. The number of carbonyl (C=O) groups excluding carboxylic acids is 1. The zero-order chi connectivity index (χ0) is 14.8. The summed E-state index contributed by atoms with van der Waals surface area (Å²) in [5.74, 6) is 0.521. The first-order valence-electron chi connectivity index (χ1n) is 6.79. The molecule has 0 bridgehead atoms. The van der Waals surface area contributed by atoms with Gasteiger partial charge in [0.2, 0.25) is 0 Å². The highest BCUT2D eigenvalue weighted by Gasteiger charge is 1.99. The molecule has 0 heterocycles. The molecule has 5 heteroatoms. The van der Waals surface area contributed by atoms with Gasteiger partial charge in [0.25, 0.3) is 0 Å². The Balaban J connectivity index is 1.53. The van der Waals surface area contributed by atoms with Gasteiger partial charge in [-0.1, -0.05) is 72.6 Å². The van der Waals surface area contributed by atoms with Crippen LogP contribution in [0.4, 0.5) is 4.79 Å². The Morgan fingerprint density at radius 1 is 0.810 bits per heavy atom. The van der Waals surface area contributed by atoms with E-state index >= 15 is 0 Å². The van der Waals surface area contributed by atoms with Gasteiger partial charge in [-0.25, -0.2) is 4.79 Å². The summed E-state index contributed by atoms with van der Waals surface area (Å²) in [7, 11) is 0. The van der Waals surface area contributed by atoms with E-state index in [1.165, 1.54) is 17.5 Å². The predicted octanol–water partition coefficient (Wildman–Crippen LogP) is 2.88. The first-order valence-corrected chi connectivity index (χ1v) is 7.77. The molecule has 3 N–H and O–H groups in total. The van der Waals surface area contributed by atoms with Crippen LogP contribution in [-0.4, -0.2) is 11.9 Å². The SMILES string of the molecule is O=C(NCSNCc1ccccc1)NCc1ccccc1. The van der Waals surface area contributed by atoms with Crippen LogP contribution in [-0.2, 0) is 13.1 Å². The van der Waals surface area contributed by atoms with Crippen LogP contribution in [0.3, 0.4) is 0 Å². The lowest BCUT2D eigenvalue weighted by Crippen LogP contribution is -2.35. The molecule has 2 amide bonds. The van der Waals surface area contributed by atoms with E-state index in [9.17, 15) is 4.79 Å². The van der Waals surface area contributed by atoms with E-state index in [1.54, 1.807) is 0 Å². The number of amides is 2. The number of nitrogens with one attached hydrogen (secondary N) is 3. The molecule has 0 radical (unpaired) electrons. The smallest absolute Gasteiger partial charge is 0.315 e. The number of hydrogen-bond acceptors (Lipinski definition) is 3. The van der Waals surface area contributed by atoms with Gasteiger partial charge in [-0.2, -0.15) is 0 Å². The minimum absolute atomic E-state index is 0.159. The zero-order valence-corrected chi connectivity index (χ0v) is 12.5. The molecule has 0 saturated carbocycles. The van der Waals surface area contributed by atoms with Gasteiger partial charge >= 0.3 is 6.03 Å². The number of carbonyl (C=O) groups is 1. The molecule has 0 spiro atoms. The van der Waals surface area contributed by atoms with Crippen LogP contribution < -0.4 is 15.4 Å². The van der Waals surface area contributed by atoms with Crippen molar-refractivity contribution in [3.05, 3.63) is 71.8 Å². The predicted molar refractivity (Wildman–Crippen MR) is 87.6 cm³/mol. The van der Waals surface area contributed by atoms with Crippen LogP contribution in [0, 0.1) is 0 Å². The van der Waals surface area contributed by atoms with Crippen molar-refractivity contribution in [1.29, 1.82) is 0 Å². The monoisotopic (exact) mass is 301 g/mol. The number of benzene rings is 2. The number of urea groups is 1. The summed E-state index contributed by atoms with van der Waals surface area (Å²) in [5, 5.41) is 5.61. The lowest BCUT2D eigenvalue weighted by Gasteiger charge is -2.08. The van der Waals surface area contributed by atoms with E-state index < -0.39 is 0 Å². The third-order valence-electron chi connectivity index (χ3n) is 2.82. The molecule has 2 aromatic carbocycles. The van der Waals surface area contributed by atoms with Crippen molar-refractivity contribution in [3.8, 4) is 0 Å². The average molecular weight is 301 g/mol. The molecule has 0 aliphatic rings. The molecule has 2 aromatic rings. The third kappa shape index (κ3) is 6.33. The molecule has 0 aliphatic heterocycles. The zero-order valence-electron chi connectivity index (χ0n) is 11.7. The van der Waals surface area contributed by atoms with Crippen LogP contribution >= 0.6 is 11.9 Å². The van der Waals surface area contributed by atoms with Crippen LogP contribution in [0.1, 0.15) is 11.1 Å². The van der Waals surface area contributed by atoms with Gasteiger partial charge in [-0.3, -0.25) is 4.72 Å². The second-order valence-electron chi connectivity index (χ2n) is 4.44. The normalized spacial score (nSPS) is 10.1. The average Bonchev–Trinajstić information content (AvgIpc) is 2.54. The molecular formula is C16H19N3OS. The Morgan fingerprint density at radius 3 is 2.00 bits per heavy atom. The van der Waals surface area contributed by atoms with E-state index in [1.807, 2.05) is 48.5 Å². The molecule has 0 saturated heterocycles. The summed E-state index contributed by atoms with van der Waals surface area (Å²) >= 11 is 1.48. The highest BCUT2D eigenvalue weighted by molar-refractivity contribution is 7.97. The van der Waals surface area contributed by atoms with Gasteiger partial charge in [-0.15, -0.1) is 0 Å². The Bertz CT molecular complexity index is 534. The summed E-state index contributed by atoms with van der Waals surface area (Å²) in [6.45, 7) is 1.31. The standard InChI is InChI=1S/C16H19N3OS/c20-16(17-11-14-7-3-1-4-8-14)18-13-21-19-12-15-9-5-2-6-10-15/h1-10,19H,11-13H2,(H2,17,18,20). The lowest BCUT2D eigenvalue weighted by molar-refractivity contribution is 0.242. The second kappa shape index (κ2) is 9.05. The van der Waals surface area contributed by atoms with E-state index in [0.29, 0.717) is 12.4 Å². The van der Waals surface area contributed by atoms with Crippen molar-refractivity contribution in [2.45, 2.75) is 13.1 Å². The molecule has 0 fully saturated rings. The summed E-state index contributed by atoms with van der Waals surface area (Å²) in [6, 6.07) is 19.8. The third-order valence-corrected chi connectivity index (χ3v) is 3.46. The van der Waals surface area contributed by atoms with Gasteiger partial charge in [-0.05, 0) is 11.1 Å². The van der Waals surface area contributed by atoms with Gasteiger partial charge in [0, 0.05) is 13.1 Å². The van der Waals surface area contributed by atoms with Crippen LogP contribution in [0.5, 0.6) is 0 Å². The summed E-state index contributed by atoms with van der Waals surface area (Å²) in [5.41, 5.74) is 2.31. The van der Waals surface area contributed by atoms with Crippen molar-refractivity contribution in [3.63, 3.8) is 0 Å². The topological polar surface area (TPSA) is 53.2 Å². The fraction of sp³-hybridized carbons (Fsp3) is 0.188. The maximum Gasteiger partial charge on any atom is 0.315 e. The first kappa shape index (κ1) is 15.4. The van der Waals surface area contributed by atoms with Crippen LogP contribution in [0.2, 0.25) is 0 Å². The van der Waals surface area contributed by atoms with Gasteiger partial charge in [0.15, 0.2) is 0 Å². The van der Waals surface area contributed by atoms with E-state index in [-0.39, 0.29) is 6.03 Å². The van der Waals surface area contributed by atoms with Crippen molar-refractivity contribution in [1.82, 2.24) is 15.4 Å². The second-order valence-corrected chi connectivity index (χ2v) is 5.31. The maximum atomic E-state index is 11.6. The molecule has 110 valence electrons. The van der Waals surface area contributed by atoms with E-state index in [2.05, 4.69) is 27.5 Å². The first-order chi connectivity index (χ1) is 10.3. The molecule has 0 aromatic heterocycles. The quantitative estimate of drug-likeness (QED) is 0.419. The Kier molecular flexibility index (Phi) is 6.64. The number of rotatable bonds is 7. The Morgan fingerprint density at radius 2 is 1.38 bits per heavy atom. The van der Waals surface area contributed by atoms with Crippen molar-refractivity contribution in [2.75, 3.05) is 5.88 Å². The van der Waals surface area contributed by atoms with Crippen LogP contribution in [0.15, 0.2) is 60.7 Å². The van der Waals surface area contributed by atoms with Gasteiger partial charge in [0.05, 0.1) is 5.88 Å². The largest absolute Gasteiger partial charge is 0.334 e. The molecule has 0 unspecified atom stereocenters. The minimum atomic E-state index is -0.159.